The number of hydrogen-bond acceptors (Lipinski definition) is 3. The van der Waals surface area contributed by atoms with Gasteiger partial charge < -0.3 is 9.64 Å². The summed E-state index contributed by atoms with van der Waals surface area (Å²) in [6.07, 6.45) is 3.02. The first-order valence-corrected chi connectivity index (χ1v) is 4.39. The van der Waals surface area contributed by atoms with Gasteiger partial charge >= 0.3 is 5.97 Å². The van der Waals surface area contributed by atoms with Crippen LogP contribution in [0.1, 0.15) is 19.3 Å². The number of allylic oxidation sites excluding steroid dienone is 1. The maximum absolute atomic E-state index is 11.2. The monoisotopic (exact) mass is 167 g/mol. The molecule has 12 heavy (non-hydrogen) atoms. The lowest BCUT2D eigenvalue weighted by Gasteiger charge is -2.13. The Hall–Kier alpha value is -0.990. The maximum Gasteiger partial charge on any atom is 0.335 e. The number of hydrogen-bond donors (Lipinski definition) is 0. The highest BCUT2D eigenvalue weighted by atomic mass is 16.5. The van der Waals surface area contributed by atoms with Crippen LogP contribution in [0.25, 0.3) is 0 Å². The highest BCUT2D eigenvalue weighted by Crippen LogP contribution is 2.27. The van der Waals surface area contributed by atoms with Gasteiger partial charge in [-0.25, -0.2) is 4.79 Å². The molecule has 66 valence electrons. The molecule has 2 aliphatic rings. The number of nitrogens with zero attached hydrogens (tertiary/aromatic N) is 1. The standard InChI is InChI=1S/C9H13NO2/c1-10-5-2-3-8(10)7-4-6-12-9(7)11/h2-6H2,1H3/b8-7-. The average Bonchev–Trinajstić information content (AvgIpc) is 2.59. The molecule has 2 aliphatic heterocycles. The minimum Gasteiger partial charge on any atom is -0.462 e. The van der Waals surface area contributed by atoms with Crippen molar-refractivity contribution in [3.63, 3.8) is 0 Å². The van der Waals surface area contributed by atoms with Crippen molar-refractivity contribution in [2.24, 2.45) is 0 Å². The van der Waals surface area contributed by atoms with Gasteiger partial charge in [-0.1, -0.05) is 0 Å². The van der Waals surface area contributed by atoms with Crippen LogP contribution < -0.4 is 0 Å². The summed E-state index contributed by atoms with van der Waals surface area (Å²) >= 11 is 0. The summed E-state index contributed by atoms with van der Waals surface area (Å²) in [5, 5.41) is 0. The maximum atomic E-state index is 11.2. The number of ether oxygens (including phenoxy) is 1. The van der Waals surface area contributed by atoms with Crippen molar-refractivity contribution in [1.29, 1.82) is 0 Å². The van der Waals surface area contributed by atoms with Crippen LogP contribution in [0.4, 0.5) is 0 Å². The van der Waals surface area contributed by atoms with E-state index in [0.29, 0.717) is 6.61 Å². The number of cyclic esters (lactones) is 1. The van der Waals surface area contributed by atoms with E-state index in [0.717, 1.165) is 25.0 Å². The molecule has 0 atom stereocenters. The Morgan fingerprint density at radius 1 is 1.42 bits per heavy atom. The van der Waals surface area contributed by atoms with E-state index >= 15 is 0 Å². The van der Waals surface area contributed by atoms with E-state index in [-0.39, 0.29) is 5.97 Å². The van der Waals surface area contributed by atoms with Gasteiger partial charge in [-0.05, 0) is 12.8 Å². The third-order valence-corrected chi connectivity index (χ3v) is 2.55. The van der Waals surface area contributed by atoms with Gasteiger partial charge in [0.2, 0.25) is 0 Å². The zero-order valence-electron chi connectivity index (χ0n) is 7.30. The molecule has 0 spiro atoms. The molecule has 2 rings (SSSR count). The Labute approximate surface area is 72.0 Å². The molecule has 3 nitrogen and oxygen atoms in total. The van der Waals surface area contributed by atoms with Gasteiger partial charge in [0.25, 0.3) is 0 Å². The van der Waals surface area contributed by atoms with Crippen molar-refractivity contribution in [2.45, 2.75) is 19.3 Å². The number of rotatable bonds is 0. The van der Waals surface area contributed by atoms with E-state index < -0.39 is 0 Å². The number of carbonyl (C=O) groups is 1. The fraction of sp³-hybridized carbons (Fsp3) is 0.667. The van der Waals surface area contributed by atoms with Gasteiger partial charge in [-0.15, -0.1) is 0 Å². The quantitative estimate of drug-likeness (QED) is 0.397. The molecule has 0 aromatic heterocycles. The van der Waals surface area contributed by atoms with E-state index in [1.54, 1.807) is 0 Å². The molecule has 0 aromatic carbocycles. The Morgan fingerprint density at radius 3 is 2.75 bits per heavy atom. The fourth-order valence-corrected chi connectivity index (χ4v) is 1.89. The van der Waals surface area contributed by atoms with Crippen molar-refractivity contribution >= 4 is 5.97 Å². The summed E-state index contributed by atoms with van der Waals surface area (Å²) in [6, 6.07) is 0. The van der Waals surface area contributed by atoms with Crippen LogP contribution in [0.3, 0.4) is 0 Å². The smallest absolute Gasteiger partial charge is 0.335 e. The zero-order chi connectivity index (χ0) is 8.55. The lowest BCUT2D eigenvalue weighted by molar-refractivity contribution is -0.135. The van der Waals surface area contributed by atoms with Gasteiger partial charge in [0, 0.05) is 25.7 Å². The number of esters is 1. The number of carbonyl (C=O) groups excluding carboxylic acids is 1. The largest absolute Gasteiger partial charge is 0.462 e. The Balaban J connectivity index is 2.28. The number of likely N-dealkylation sites (tertiary alicyclic amines) is 1. The molecular weight excluding hydrogens is 154 g/mol. The first kappa shape index (κ1) is 7.65. The fourth-order valence-electron chi connectivity index (χ4n) is 1.89. The van der Waals surface area contributed by atoms with Crippen LogP contribution in [0.15, 0.2) is 11.3 Å². The summed E-state index contributed by atoms with van der Waals surface area (Å²) in [5.41, 5.74) is 2.12. The second-order valence-corrected chi connectivity index (χ2v) is 3.34. The third kappa shape index (κ3) is 1.09. The van der Waals surface area contributed by atoms with Crippen molar-refractivity contribution in [1.82, 2.24) is 4.90 Å². The lowest BCUT2D eigenvalue weighted by Crippen LogP contribution is -2.13. The molecule has 3 heteroatoms. The van der Waals surface area contributed by atoms with E-state index in [1.807, 2.05) is 7.05 Å². The van der Waals surface area contributed by atoms with Crippen LogP contribution >= 0.6 is 0 Å². The van der Waals surface area contributed by atoms with Crippen LogP contribution in [-0.2, 0) is 9.53 Å². The summed E-state index contributed by atoms with van der Waals surface area (Å²) in [6.45, 7) is 1.65. The molecule has 0 bridgehead atoms. The summed E-state index contributed by atoms with van der Waals surface area (Å²) in [4.78, 5) is 13.4. The van der Waals surface area contributed by atoms with E-state index in [1.165, 1.54) is 12.1 Å². The average molecular weight is 167 g/mol. The highest BCUT2D eigenvalue weighted by molar-refractivity contribution is 5.91. The molecule has 2 saturated heterocycles. The lowest BCUT2D eigenvalue weighted by atomic mass is 10.1. The second kappa shape index (κ2) is 2.81. The second-order valence-electron chi connectivity index (χ2n) is 3.34. The highest BCUT2D eigenvalue weighted by Gasteiger charge is 2.26. The van der Waals surface area contributed by atoms with E-state index in [2.05, 4.69) is 4.90 Å². The molecule has 0 amide bonds. The molecular formula is C9H13NO2. The van der Waals surface area contributed by atoms with Crippen molar-refractivity contribution in [2.75, 3.05) is 20.2 Å². The van der Waals surface area contributed by atoms with Gasteiger partial charge in [-0.3, -0.25) is 0 Å². The molecule has 2 heterocycles. The van der Waals surface area contributed by atoms with Gasteiger partial charge in [-0.2, -0.15) is 0 Å². The Kier molecular flexibility index (Phi) is 1.79. The van der Waals surface area contributed by atoms with Crippen LogP contribution in [-0.4, -0.2) is 31.1 Å². The van der Waals surface area contributed by atoms with Gasteiger partial charge in [0.1, 0.15) is 0 Å². The summed E-state index contributed by atoms with van der Waals surface area (Å²) in [7, 11) is 2.04. The molecule has 0 N–H and O–H groups in total. The molecule has 0 saturated carbocycles. The minimum absolute atomic E-state index is 0.0984. The molecule has 0 radical (unpaired) electrons. The van der Waals surface area contributed by atoms with E-state index in [9.17, 15) is 4.79 Å². The van der Waals surface area contributed by atoms with Crippen molar-refractivity contribution < 1.29 is 9.53 Å². The van der Waals surface area contributed by atoms with Gasteiger partial charge in [0.15, 0.2) is 0 Å². The normalized spacial score (nSPS) is 29.8. The Bertz CT molecular complexity index is 245. The predicted molar refractivity (Wildman–Crippen MR) is 44.5 cm³/mol. The van der Waals surface area contributed by atoms with Crippen LogP contribution in [0, 0.1) is 0 Å². The first-order chi connectivity index (χ1) is 5.79. The van der Waals surface area contributed by atoms with E-state index in [4.69, 9.17) is 4.74 Å². The molecule has 2 fully saturated rings. The third-order valence-electron chi connectivity index (χ3n) is 2.55. The summed E-state index contributed by atoms with van der Waals surface area (Å²) in [5.74, 6) is -0.0984. The van der Waals surface area contributed by atoms with Crippen LogP contribution in [0.2, 0.25) is 0 Å². The summed E-state index contributed by atoms with van der Waals surface area (Å²) < 4.78 is 4.90. The van der Waals surface area contributed by atoms with Crippen molar-refractivity contribution in [3.05, 3.63) is 11.3 Å². The SMILES string of the molecule is CN1CCC/C1=C1\CCOC1=O. The van der Waals surface area contributed by atoms with Crippen molar-refractivity contribution in [3.8, 4) is 0 Å². The molecule has 0 aromatic rings. The molecule has 0 aliphatic carbocycles. The Morgan fingerprint density at radius 2 is 2.25 bits per heavy atom. The predicted octanol–water partition coefficient (Wildman–Crippen LogP) is 0.913. The minimum atomic E-state index is -0.0984. The molecule has 0 unspecified atom stereocenters. The topological polar surface area (TPSA) is 29.5 Å². The van der Waals surface area contributed by atoms with Crippen LogP contribution in [0.5, 0.6) is 0 Å². The first-order valence-electron chi connectivity index (χ1n) is 4.39. The zero-order valence-corrected chi connectivity index (χ0v) is 7.30. The van der Waals surface area contributed by atoms with Gasteiger partial charge in [0.05, 0.1) is 12.2 Å².